The SMILES string of the molecule is COc1cccc(C(C)c2ccc3ccccc3c2)c1. The largest absolute Gasteiger partial charge is 0.497 e. The fourth-order valence-electron chi connectivity index (χ4n) is 2.58. The number of ether oxygens (including phenoxy) is 1. The third-order valence-corrected chi connectivity index (χ3v) is 3.87. The van der Waals surface area contributed by atoms with E-state index in [-0.39, 0.29) is 0 Å². The molecule has 0 heterocycles. The molecule has 1 heteroatoms. The van der Waals surface area contributed by atoms with Gasteiger partial charge in [0.15, 0.2) is 0 Å². The van der Waals surface area contributed by atoms with Crippen LogP contribution in [0.2, 0.25) is 0 Å². The molecule has 0 radical (unpaired) electrons. The van der Waals surface area contributed by atoms with Crippen LogP contribution in [0.25, 0.3) is 10.8 Å². The number of hydrogen-bond acceptors (Lipinski definition) is 1. The molecule has 20 heavy (non-hydrogen) atoms. The lowest BCUT2D eigenvalue weighted by Crippen LogP contribution is -1.96. The molecule has 3 aromatic carbocycles. The molecule has 100 valence electrons. The number of fused-ring (bicyclic) bond motifs is 1. The first-order valence-corrected chi connectivity index (χ1v) is 6.90. The molecule has 0 aliphatic rings. The van der Waals surface area contributed by atoms with E-state index in [2.05, 4.69) is 61.5 Å². The van der Waals surface area contributed by atoms with Gasteiger partial charge in [0.05, 0.1) is 7.11 Å². The fraction of sp³-hybridized carbons (Fsp3) is 0.158. The number of methoxy groups -OCH3 is 1. The average Bonchev–Trinajstić information content (AvgIpc) is 2.53. The molecule has 0 saturated heterocycles. The molecule has 1 nitrogen and oxygen atoms in total. The van der Waals surface area contributed by atoms with E-state index in [0.717, 1.165) is 5.75 Å². The van der Waals surface area contributed by atoms with Gasteiger partial charge in [0.2, 0.25) is 0 Å². The summed E-state index contributed by atoms with van der Waals surface area (Å²) in [5.74, 6) is 1.27. The summed E-state index contributed by atoms with van der Waals surface area (Å²) in [4.78, 5) is 0. The van der Waals surface area contributed by atoms with E-state index in [1.54, 1.807) is 7.11 Å². The first-order valence-electron chi connectivity index (χ1n) is 6.90. The highest BCUT2D eigenvalue weighted by atomic mass is 16.5. The summed E-state index contributed by atoms with van der Waals surface area (Å²) in [6, 6.07) is 23.5. The molecule has 0 fully saturated rings. The molecule has 3 aromatic rings. The van der Waals surface area contributed by atoms with Crippen molar-refractivity contribution in [2.75, 3.05) is 7.11 Å². The van der Waals surface area contributed by atoms with Crippen molar-refractivity contribution >= 4 is 10.8 Å². The predicted molar refractivity (Wildman–Crippen MR) is 84.5 cm³/mol. The van der Waals surface area contributed by atoms with E-state index in [9.17, 15) is 0 Å². The van der Waals surface area contributed by atoms with Gasteiger partial charge in [0, 0.05) is 5.92 Å². The van der Waals surface area contributed by atoms with Gasteiger partial charge in [0.25, 0.3) is 0 Å². The molecular formula is C19H18O. The molecule has 0 spiro atoms. The van der Waals surface area contributed by atoms with Crippen molar-refractivity contribution in [3.8, 4) is 5.75 Å². The maximum Gasteiger partial charge on any atom is 0.119 e. The molecule has 0 amide bonds. The van der Waals surface area contributed by atoms with Gasteiger partial charge in [-0.25, -0.2) is 0 Å². The quantitative estimate of drug-likeness (QED) is 0.645. The Morgan fingerprint density at radius 1 is 0.750 bits per heavy atom. The second-order valence-electron chi connectivity index (χ2n) is 5.10. The molecule has 1 atom stereocenters. The zero-order chi connectivity index (χ0) is 13.9. The zero-order valence-electron chi connectivity index (χ0n) is 11.8. The Morgan fingerprint density at radius 3 is 2.30 bits per heavy atom. The van der Waals surface area contributed by atoms with Crippen LogP contribution in [0.15, 0.2) is 66.7 Å². The van der Waals surface area contributed by atoms with E-state index < -0.39 is 0 Å². The van der Waals surface area contributed by atoms with Crippen LogP contribution in [0.3, 0.4) is 0 Å². The number of hydrogen-bond donors (Lipinski definition) is 0. The Morgan fingerprint density at radius 2 is 1.50 bits per heavy atom. The molecule has 0 aliphatic carbocycles. The van der Waals surface area contributed by atoms with E-state index in [1.165, 1.54) is 21.9 Å². The average molecular weight is 262 g/mol. The van der Waals surface area contributed by atoms with Crippen molar-refractivity contribution < 1.29 is 4.74 Å². The smallest absolute Gasteiger partial charge is 0.119 e. The first kappa shape index (κ1) is 12.7. The third kappa shape index (κ3) is 2.39. The summed E-state index contributed by atoms with van der Waals surface area (Å²) in [6.45, 7) is 2.24. The van der Waals surface area contributed by atoms with Gasteiger partial charge in [-0.15, -0.1) is 0 Å². The van der Waals surface area contributed by atoms with Crippen LogP contribution >= 0.6 is 0 Å². The summed E-state index contributed by atoms with van der Waals surface area (Å²) < 4.78 is 5.31. The lowest BCUT2D eigenvalue weighted by Gasteiger charge is -2.14. The minimum atomic E-state index is 0.356. The van der Waals surface area contributed by atoms with Crippen LogP contribution in [0.1, 0.15) is 24.0 Å². The second kappa shape index (κ2) is 5.38. The minimum absolute atomic E-state index is 0.356. The number of rotatable bonds is 3. The molecule has 0 aromatic heterocycles. The third-order valence-electron chi connectivity index (χ3n) is 3.87. The highest BCUT2D eigenvalue weighted by Crippen LogP contribution is 2.28. The number of benzene rings is 3. The van der Waals surface area contributed by atoms with Crippen LogP contribution in [-0.4, -0.2) is 7.11 Å². The Balaban J connectivity index is 2.00. The van der Waals surface area contributed by atoms with Crippen molar-refractivity contribution in [3.05, 3.63) is 77.9 Å². The molecule has 0 N–H and O–H groups in total. The van der Waals surface area contributed by atoms with Crippen LogP contribution in [0, 0.1) is 0 Å². The summed E-state index contributed by atoms with van der Waals surface area (Å²) in [6.07, 6.45) is 0. The minimum Gasteiger partial charge on any atom is -0.497 e. The molecule has 3 rings (SSSR count). The van der Waals surface area contributed by atoms with Crippen LogP contribution < -0.4 is 4.74 Å². The maximum atomic E-state index is 5.31. The van der Waals surface area contributed by atoms with Crippen molar-refractivity contribution in [1.82, 2.24) is 0 Å². The standard InChI is InChI=1S/C19H18O/c1-14(16-8-5-9-19(13-16)20-2)17-11-10-15-6-3-4-7-18(15)12-17/h3-14H,1-2H3. The summed E-state index contributed by atoms with van der Waals surface area (Å²) >= 11 is 0. The predicted octanol–water partition coefficient (Wildman–Crippen LogP) is 5.00. The topological polar surface area (TPSA) is 9.23 Å². The van der Waals surface area contributed by atoms with Gasteiger partial charge >= 0.3 is 0 Å². The summed E-state index contributed by atoms with van der Waals surface area (Å²) in [5, 5.41) is 2.58. The van der Waals surface area contributed by atoms with Gasteiger partial charge in [-0.3, -0.25) is 0 Å². The molecular weight excluding hydrogens is 244 g/mol. The second-order valence-corrected chi connectivity index (χ2v) is 5.10. The summed E-state index contributed by atoms with van der Waals surface area (Å²) in [5.41, 5.74) is 2.61. The van der Waals surface area contributed by atoms with Gasteiger partial charge in [-0.2, -0.15) is 0 Å². The fourth-order valence-corrected chi connectivity index (χ4v) is 2.58. The van der Waals surface area contributed by atoms with Crippen molar-refractivity contribution in [2.45, 2.75) is 12.8 Å². The zero-order valence-corrected chi connectivity index (χ0v) is 11.8. The van der Waals surface area contributed by atoms with Crippen LogP contribution in [-0.2, 0) is 0 Å². The normalized spacial score (nSPS) is 12.3. The van der Waals surface area contributed by atoms with E-state index in [0.29, 0.717) is 5.92 Å². The van der Waals surface area contributed by atoms with Gasteiger partial charge in [-0.1, -0.05) is 61.5 Å². The van der Waals surface area contributed by atoms with Gasteiger partial charge in [-0.05, 0) is 34.0 Å². The Kier molecular flexibility index (Phi) is 3.42. The van der Waals surface area contributed by atoms with Gasteiger partial charge in [0.1, 0.15) is 5.75 Å². The highest BCUT2D eigenvalue weighted by Gasteiger charge is 2.09. The monoisotopic (exact) mass is 262 g/mol. The Labute approximate surface area is 119 Å². The maximum absolute atomic E-state index is 5.31. The van der Waals surface area contributed by atoms with Crippen molar-refractivity contribution in [2.24, 2.45) is 0 Å². The van der Waals surface area contributed by atoms with Gasteiger partial charge < -0.3 is 4.74 Å². The Bertz CT molecular complexity index is 730. The van der Waals surface area contributed by atoms with Crippen molar-refractivity contribution in [3.63, 3.8) is 0 Å². The highest BCUT2D eigenvalue weighted by molar-refractivity contribution is 5.83. The Hall–Kier alpha value is -2.28. The van der Waals surface area contributed by atoms with E-state index in [4.69, 9.17) is 4.74 Å². The lowest BCUT2D eigenvalue weighted by molar-refractivity contribution is 0.414. The summed E-state index contributed by atoms with van der Waals surface area (Å²) in [7, 11) is 1.71. The molecule has 0 aliphatic heterocycles. The van der Waals surface area contributed by atoms with Crippen LogP contribution in [0.4, 0.5) is 0 Å². The first-order chi connectivity index (χ1) is 9.78. The van der Waals surface area contributed by atoms with Crippen LogP contribution in [0.5, 0.6) is 5.75 Å². The molecule has 0 saturated carbocycles. The lowest BCUT2D eigenvalue weighted by atomic mass is 9.91. The van der Waals surface area contributed by atoms with Crippen molar-refractivity contribution in [1.29, 1.82) is 0 Å². The molecule has 1 unspecified atom stereocenters. The van der Waals surface area contributed by atoms with E-state index >= 15 is 0 Å². The van der Waals surface area contributed by atoms with E-state index in [1.807, 2.05) is 12.1 Å². The molecule has 0 bridgehead atoms.